The lowest BCUT2D eigenvalue weighted by Crippen LogP contribution is -2.10. The minimum Gasteiger partial charge on any atom is -0.444 e. The van der Waals surface area contributed by atoms with Crippen LogP contribution in [0.1, 0.15) is 24.1 Å². The Balaban J connectivity index is 2.11. The molecule has 0 amide bonds. The van der Waals surface area contributed by atoms with Crippen LogP contribution in [0.25, 0.3) is 0 Å². The maximum Gasteiger partial charge on any atom is 0.418 e. The predicted octanol–water partition coefficient (Wildman–Crippen LogP) is 3.87. The monoisotopic (exact) mass is 270 g/mol. The topological polar surface area (TPSA) is 38.1 Å². The molecule has 102 valence electrons. The molecule has 1 heterocycles. The molecule has 2 aromatic rings. The number of hydrogen-bond donors (Lipinski definition) is 1. The zero-order chi connectivity index (χ0) is 13.9. The summed E-state index contributed by atoms with van der Waals surface area (Å²) in [5, 5.41) is 2.70. The third-order valence-electron chi connectivity index (χ3n) is 2.61. The Morgan fingerprint density at radius 2 is 2.00 bits per heavy atom. The van der Waals surface area contributed by atoms with Crippen molar-refractivity contribution in [3.8, 4) is 0 Å². The molecule has 0 aliphatic heterocycles. The molecular formula is C13H13F3N2O. The Bertz CT molecular complexity index is 549. The average Bonchev–Trinajstić information content (AvgIpc) is 2.83. The first-order chi connectivity index (χ1) is 9.00. The van der Waals surface area contributed by atoms with Gasteiger partial charge < -0.3 is 9.73 Å². The third-order valence-corrected chi connectivity index (χ3v) is 2.61. The van der Waals surface area contributed by atoms with Gasteiger partial charge in [0.1, 0.15) is 5.76 Å². The molecule has 6 heteroatoms. The van der Waals surface area contributed by atoms with Crippen molar-refractivity contribution in [1.82, 2.24) is 4.98 Å². The molecule has 0 atom stereocenters. The number of rotatable bonds is 4. The van der Waals surface area contributed by atoms with Crippen molar-refractivity contribution in [2.75, 3.05) is 5.32 Å². The number of nitrogens with zero attached hydrogens (tertiary/aromatic N) is 1. The van der Waals surface area contributed by atoms with Crippen molar-refractivity contribution < 1.29 is 17.6 Å². The molecule has 0 saturated heterocycles. The molecule has 0 radical (unpaired) electrons. The summed E-state index contributed by atoms with van der Waals surface area (Å²) < 4.78 is 43.6. The van der Waals surface area contributed by atoms with E-state index < -0.39 is 11.7 Å². The van der Waals surface area contributed by atoms with E-state index in [-0.39, 0.29) is 12.2 Å². The second-order valence-corrected chi connectivity index (χ2v) is 3.97. The van der Waals surface area contributed by atoms with Crippen LogP contribution in [0.2, 0.25) is 0 Å². The SMILES string of the molecule is CCc1cnc(CNc2ccccc2C(F)(F)F)o1. The first-order valence-corrected chi connectivity index (χ1v) is 5.84. The lowest BCUT2D eigenvalue weighted by Gasteiger charge is -2.13. The van der Waals surface area contributed by atoms with Crippen LogP contribution in [0.4, 0.5) is 18.9 Å². The van der Waals surface area contributed by atoms with Crippen LogP contribution in [-0.2, 0) is 19.1 Å². The number of aromatic nitrogens is 1. The van der Waals surface area contributed by atoms with Gasteiger partial charge in [-0.2, -0.15) is 13.2 Å². The van der Waals surface area contributed by atoms with Crippen LogP contribution in [0, 0.1) is 0 Å². The van der Waals surface area contributed by atoms with Gasteiger partial charge >= 0.3 is 6.18 Å². The molecule has 0 unspecified atom stereocenters. The summed E-state index contributed by atoms with van der Waals surface area (Å²) in [7, 11) is 0. The Hall–Kier alpha value is -1.98. The Morgan fingerprint density at radius 1 is 1.26 bits per heavy atom. The third kappa shape index (κ3) is 3.27. The molecule has 0 fully saturated rings. The molecule has 0 aliphatic carbocycles. The van der Waals surface area contributed by atoms with E-state index in [4.69, 9.17) is 4.42 Å². The highest BCUT2D eigenvalue weighted by atomic mass is 19.4. The van der Waals surface area contributed by atoms with Crippen molar-refractivity contribution >= 4 is 5.69 Å². The van der Waals surface area contributed by atoms with Gasteiger partial charge in [0.25, 0.3) is 0 Å². The number of aryl methyl sites for hydroxylation is 1. The minimum absolute atomic E-state index is 0.0197. The van der Waals surface area contributed by atoms with Crippen molar-refractivity contribution in [1.29, 1.82) is 0 Å². The van der Waals surface area contributed by atoms with Crippen LogP contribution in [-0.4, -0.2) is 4.98 Å². The number of nitrogens with one attached hydrogen (secondary N) is 1. The lowest BCUT2D eigenvalue weighted by molar-refractivity contribution is -0.137. The molecule has 1 N–H and O–H groups in total. The second kappa shape index (κ2) is 5.34. The summed E-state index contributed by atoms with van der Waals surface area (Å²) in [6.45, 7) is 2.03. The van der Waals surface area contributed by atoms with Crippen LogP contribution in [0.5, 0.6) is 0 Å². The zero-order valence-corrected chi connectivity index (χ0v) is 10.3. The molecule has 2 rings (SSSR count). The molecule has 1 aromatic carbocycles. The maximum atomic E-state index is 12.8. The highest BCUT2D eigenvalue weighted by Crippen LogP contribution is 2.34. The fourth-order valence-electron chi connectivity index (χ4n) is 1.65. The smallest absolute Gasteiger partial charge is 0.418 e. The molecule has 0 bridgehead atoms. The van der Waals surface area contributed by atoms with Gasteiger partial charge in [0.05, 0.1) is 18.3 Å². The van der Waals surface area contributed by atoms with E-state index in [1.54, 1.807) is 12.3 Å². The normalized spacial score (nSPS) is 11.6. The fourth-order valence-corrected chi connectivity index (χ4v) is 1.65. The summed E-state index contributed by atoms with van der Waals surface area (Å²) in [5.74, 6) is 1.08. The van der Waals surface area contributed by atoms with E-state index >= 15 is 0 Å². The highest BCUT2D eigenvalue weighted by Gasteiger charge is 2.33. The van der Waals surface area contributed by atoms with Crippen molar-refractivity contribution in [2.24, 2.45) is 0 Å². The summed E-state index contributed by atoms with van der Waals surface area (Å²) in [4.78, 5) is 3.98. The van der Waals surface area contributed by atoms with E-state index in [1.807, 2.05) is 6.92 Å². The van der Waals surface area contributed by atoms with Crippen LogP contribution in [0.3, 0.4) is 0 Å². The molecule has 0 saturated carbocycles. The summed E-state index contributed by atoms with van der Waals surface area (Å²) in [5.41, 5.74) is -0.677. The van der Waals surface area contributed by atoms with Gasteiger partial charge in [-0.1, -0.05) is 19.1 Å². The van der Waals surface area contributed by atoms with Crippen molar-refractivity contribution in [3.63, 3.8) is 0 Å². The van der Waals surface area contributed by atoms with Gasteiger partial charge in [-0.15, -0.1) is 0 Å². The van der Waals surface area contributed by atoms with E-state index in [2.05, 4.69) is 10.3 Å². The van der Waals surface area contributed by atoms with E-state index in [0.29, 0.717) is 18.1 Å². The van der Waals surface area contributed by atoms with Gasteiger partial charge in [0.15, 0.2) is 0 Å². The second-order valence-electron chi connectivity index (χ2n) is 3.97. The molecular weight excluding hydrogens is 257 g/mol. The molecule has 0 aliphatic rings. The molecule has 3 nitrogen and oxygen atoms in total. The summed E-state index contributed by atoms with van der Waals surface area (Å²) in [6.07, 6.45) is -2.10. The number of hydrogen-bond acceptors (Lipinski definition) is 3. The Kier molecular flexibility index (Phi) is 3.78. The first kappa shape index (κ1) is 13.5. The number of oxazole rings is 1. The van der Waals surface area contributed by atoms with Gasteiger partial charge in [-0.25, -0.2) is 4.98 Å². The van der Waals surface area contributed by atoms with Gasteiger partial charge in [-0.3, -0.25) is 0 Å². The standard InChI is InChI=1S/C13H13F3N2O/c1-2-9-7-18-12(19-9)8-17-11-6-4-3-5-10(11)13(14,15)16/h3-7,17H,2,8H2,1H3. The van der Waals surface area contributed by atoms with Crippen molar-refractivity contribution in [3.05, 3.63) is 47.7 Å². The first-order valence-electron chi connectivity index (χ1n) is 5.84. The lowest BCUT2D eigenvalue weighted by atomic mass is 10.1. The number of para-hydroxylation sites is 1. The molecule has 1 aromatic heterocycles. The molecule has 19 heavy (non-hydrogen) atoms. The predicted molar refractivity (Wildman–Crippen MR) is 64.7 cm³/mol. The average molecular weight is 270 g/mol. The van der Waals surface area contributed by atoms with Gasteiger partial charge in [-0.05, 0) is 12.1 Å². The van der Waals surface area contributed by atoms with Crippen molar-refractivity contribution in [2.45, 2.75) is 26.1 Å². The largest absolute Gasteiger partial charge is 0.444 e. The van der Waals surface area contributed by atoms with E-state index in [9.17, 15) is 13.2 Å². The minimum atomic E-state index is -4.38. The van der Waals surface area contributed by atoms with Gasteiger partial charge in [0.2, 0.25) is 5.89 Å². The quantitative estimate of drug-likeness (QED) is 0.916. The number of anilines is 1. The van der Waals surface area contributed by atoms with E-state index in [1.165, 1.54) is 12.1 Å². The number of alkyl halides is 3. The number of halogens is 3. The van der Waals surface area contributed by atoms with Crippen LogP contribution in [0.15, 0.2) is 34.9 Å². The fraction of sp³-hybridized carbons (Fsp3) is 0.308. The summed E-state index contributed by atoms with van der Waals surface area (Å²) >= 11 is 0. The van der Waals surface area contributed by atoms with E-state index in [0.717, 1.165) is 6.07 Å². The maximum absolute atomic E-state index is 12.8. The Morgan fingerprint density at radius 3 is 2.63 bits per heavy atom. The highest BCUT2D eigenvalue weighted by molar-refractivity contribution is 5.52. The van der Waals surface area contributed by atoms with Gasteiger partial charge in [0, 0.05) is 12.1 Å². The number of benzene rings is 1. The molecule has 0 spiro atoms. The Labute approximate surface area is 108 Å². The summed E-state index contributed by atoms with van der Waals surface area (Å²) in [6, 6.07) is 5.32. The van der Waals surface area contributed by atoms with Crippen LogP contribution < -0.4 is 5.32 Å². The zero-order valence-electron chi connectivity index (χ0n) is 10.3. The van der Waals surface area contributed by atoms with Crippen LogP contribution >= 0.6 is 0 Å².